The second-order valence-electron chi connectivity index (χ2n) is 6.51. The molecule has 1 saturated carbocycles. The second-order valence-corrected chi connectivity index (χ2v) is 6.51. The summed E-state index contributed by atoms with van der Waals surface area (Å²) in [4.78, 5) is 15.6. The van der Waals surface area contributed by atoms with Crippen LogP contribution in [0, 0.1) is 5.92 Å². The number of nitrogens with zero attached hydrogens (tertiary/aromatic N) is 2. The van der Waals surface area contributed by atoms with Crippen LogP contribution >= 0.6 is 24.8 Å². The van der Waals surface area contributed by atoms with Crippen LogP contribution in [0.3, 0.4) is 0 Å². The number of hydrogen-bond acceptors (Lipinski definition) is 4. The molecule has 1 aliphatic carbocycles. The van der Waals surface area contributed by atoms with E-state index in [9.17, 15) is 9.90 Å². The number of carboxylic acid groups (broad SMARTS) is 1. The highest BCUT2D eigenvalue weighted by Gasteiger charge is 2.22. The first-order valence-electron chi connectivity index (χ1n) is 8.73. The Bertz CT molecular complexity index is 493. The molecule has 0 unspecified atom stereocenters. The van der Waals surface area contributed by atoms with E-state index in [-0.39, 0.29) is 31.2 Å². The highest BCUT2D eigenvalue weighted by molar-refractivity contribution is 5.85. The van der Waals surface area contributed by atoms with Crippen LogP contribution in [-0.2, 0) is 22.5 Å². The summed E-state index contributed by atoms with van der Waals surface area (Å²) < 4.78 is 7.42. The Morgan fingerprint density at radius 3 is 2.68 bits per heavy atom. The van der Waals surface area contributed by atoms with Gasteiger partial charge in [-0.05, 0) is 18.8 Å². The number of carbonyl (C=O) groups is 1. The van der Waals surface area contributed by atoms with E-state index in [0.29, 0.717) is 6.42 Å². The zero-order valence-corrected chi connectivity index (χ0v) is 16.4. The first-order chi connectivity index (χ1) is 11.1. The molecule has 2 atom stereocenters. The van der Waals surface area contributed by atoms with Gasteiger partial charge in [-0.25, -0.2) is 9.78 Å². The number of nitrogens with two attached hydrogens (primary N) is 1. The van der Waals surface area contributed by atoms with Gasteiger partial charge >= 0.3 is 5.97 Å². The molecule has 8 heteroatoms. The van der Waals surface area contributed by atoms with Crippen LogP contribution in [0.4, 0.5) is 0 Å². The maximum absolute atomic E-state index is 11.3. The van der Waals surface area contributed by atoms with E-state index in [2.05, 4.69) is 9.55 Å². The van der Waals surface area contributed by atoms with E-state index >= 15 is 0 Å². The van der Waals surface area contributed by atoms with Crippen molar-refractivity contribution >= 4 is 30.8 Å². The maximum Gasteiger partial charge on any atom is 0.333 e. The molecule has 146 valence electrons. The second kappa shape index (κ2) is 12.5. The van der Waals surface area contributed by atoms with Crippen LogP contribution in [-0.4, -0.2) is 33.0 Å². The lowest BCUT2D eigenvalue weighted by Gasteiger charge is -2.21. The molecule has 1 aromatic rings. The normalized spacial score (nSPS) is 17.2. The number of hydrogen-bond donors (Lipinski definition) is 2. The molecular formula is C17H31Cl2N3O3. The van der Waals surface area contributed by atoms with Gasteiger partial charge in [-0.1, -0.05) is 39.0 Å². The Kier molecular flexibility index (Phi) is 12.1. The number of rotatable bonds is 9. The smallest absolute Gasteiger partial charge is 0.333 e. The Hall–Kier alpha value is -0.820. The number of imidazole rings is 1. The molecule has 0 saturated heterocycles. The maximum atomic E-state index is 11.3. The number of halogens is 2. The summed E-state index contributed by atoms with van der Waals surface area (Å²) in [6.07, 6.45) is 11.0. The van der Waals surface area contributed by atoms with Crippen molar-refractivity contribution in [2.75, 3.05) is 0 Å². The van der Waals surface area contributed by atoms with Crippen LogP contribution in [0.1, 0.15) is 57.6 Å². The monoisotopic (exact) mass is 395 g/mol. The Balaban J connectivity index is 0.00000288. The summed E-state index contributed by atoms with van der Waals surface area (Å²) in [7, 11) is 0. The summed E-state index contributed by atoms with van der Waals surface area (Å²) in [5.41, 5.74) is 6.43. The van der Waals surface area contributed by atoms with Crippen molar-refractivity contribution in [2.45, 2.75) is 77.2 Å². The minimum absolute atomic E-state index is 0. The van der Waals surface area contributed by atoms with Crippen LogP contribution in [0.15, 0.2) is 12.5 Å². The number of aryl methyl sites for hydroxylation is 1. The minimum atomic E-state index is -0.995. The average Bonchev–Trinajstić information content (AvgIpc) is 3.00. The quantitative estimate of drug-likeness (QED) is 0.625. The van der Waals surface area contributed by atoms with Crippen molar-refractivity contribution in [2.24, 2.45) is 11.7 Å². The molecule has 0 spiro atoms. The summed E-state index contributed by atoms with van der Waals surface area (Å²) in [5.74, 6) is -0.169. The average molecular weight is 396 g/mol. The fourth-order valence-electron chi connectivity index (χ4n) is 3.13. The largest absolute Gasteiger partial charge is 0.479 e. The molecule has 25 heavy (non-hydrogen) atoms. The van der Waals surface area contributed by atoms with E-state index in [1.807, 2.05) is 13.1 Å². The summed E-state index contributed by atoms with van der Waals surface area (Å²) in [6.45, 7) is 2.81. The number of aliphatic carboxylic acids is 1. The van der Waals surface area contributed by atoms with Crippen molar-refractivity contribution < 1.29 is 14.6 Å². The Morgan fingerprint density at radius 2 is 2.08 bits per heavy atom. The fourth-order valence-corrected chi connectivity index (χ4v) is 3.13. The van der Waals surface area contributed by atoms with Gasteiger partial charge in [-0.3, -0.25) is 0 Å². The highest BCUT2D eigenvalue weighted by atomic mass is 35.5. The molecule has 0 aromatic carbocycles. The summed E-state index contributed by atoms with van der Waals surface area (Å²) in [5, 5.41) is 9.24. The number of carboxylic acids is 1. The van der Waals surface area contributed by atoms with Gasteiger partial charge in [0, 0.05) is 19.2 Å². The Morgan fingerprint density at radius 1 is 1.40 bits per heavy atom. The van der Waals surface area contributed by atoms with Gasteiger partial charge < -0.3 is 20.1 Å². The first-order valence-corrected chi connectivity index (χ1v) is 8.73. The molecule has 0 aliphatic heterocycles. The molecule has 6 nitrogen and oxygen atoms in total. The molecule has 1 aliphatic rings. The lowest BCUT2D eigenvalue weighted by molar-refractivity contribution is -0.154. The van der Waals surface area contributed by atoms with Crippen molar-refractivity contribution in [3.63, 3.8) is 0 Å². The van der Waals surface area contributed by atoms with Crippen LogP contribution in [0.5, 0.6) is 0 Å². The zero-order chi connectivity index (χ0) is 16.7. The molecule has 0 amide bonds. The van der Waals surface area contributed by atoms with E-state index in [0.717, 1.165) is 18.2 Å². The van der Waals surface area contributed by atoms with E-state index < -0.39 is 18.3 Å². The minimum Gasteiger partial charge on any atom is -0.479 e. The topological polar surface area (TPSA) is 90.4 Å². The molecule has 2 rings (SSSR count). The third kappa shape index (κ3) is 8.40. The van der Waals surface area contributed by atoms with Crippen molar-refractivity contribution in [1.29, 1.82) is 0 Å². The van der Waals surface area contributed by atoms with Crippen molar-refractivity contribution in [3.8, 4) is 0 Å². The number of aromatic nitrogens is 2. The van der Waals surface area contributed by atoms with Crippen molar-refractivity contribution in [1.82, 2.24) is 9.55 Å². The molecule has 1 aromatic heterocycles. The van der Waals surface area contributed by atoms with E-state index in [4.69, 9.17) is 10.5 Å². The summed E-state index contributed by atoms with van der Waals surface area (Å²) in [6, 6.07) is 0. The lowest BCUT2D eigenvalue weighted by Crippen LogP contribution is -2.35. The van der Waals surface area contributed by atoms with Gasteiger partial charge in [-0.2, -0.15) is 0 Å². The molecule has 0 bridgehead atoms. The molecule has 1 fully saturated rings. The van der Waals surface area contributed by atoms with Gasteiger partial charge in [0.05, 0.1) is 12.0 Å². The highest BCUT2D eigenvalue weighted by Crippen LogP contribution is 2.26. The lowest BCUT2D eigenvalue weighted by atomic mass is 9.87. The van der Waals surface area contributed by atoms with Gasteiger partial charge in [-0.15, -0.1) is 24.8 Å². The predicted octanol–water partition coefficient (Wildman–Crippen LogP) is 3.40. The van der Waals surface area contributed by atoms with E-state index in [1.54, 1.807) is 6.33 Å². The predicted molar refractivity (Wildman–Crippen MR) is 102 cm³/mol. The van der Waals surface area contributed by atoms with Gasteiger partial charge in [0.1, 0.15) is 6.23 Å². The SMILES string of the molecule is CC[C@@H](N)O[C@@H](Cc1cn(CCC2CCCCC2)cn1)C(=O)O.Cl.Cl. The third-order valence-electron chi connectivity index (χ3n) is 4.62. The Labute approximate surface area is 162 Å². The molecular weight excluding hydrogens is 365 g/mol. The summed E-state index contributed by atoms with van der Waals surface area (Å²) >= 11 is 0. The zero-order valence-electron chi connectivity index (χ0n) is 14.8. The third-order valence-corrected chi connectivity index (χ3v) is 4.62. The van der Waals surface area contributed by atoms with Gasteiger partial charge in [0.25, 0.3) is 0 Å². The van der Waals surface area contributed by atoms with Gasteiger partial charge in [0.2, 0.25) is 0 Å². The fraction of sp³-hybridized carbons (Fsp3) is 0.765. The standard InChI is InChI=1S/C17H29N3O3.2ClH/c1-2-16(18)23-15(17(21)22)10-14-11-20(12-19-14)9-8-13-6-4-3-5-7-13;;/h11-13,15-16H,2-10,18H2,1H3,(H,21,22);2*1H/t15-,16-;;/m0../s1. The van der Waals surface area contributed by atoms with E-state index in [1.165, 1.54) is 38.5 Å². The molecule has 1 heterocycles. The van der Waals surface area contributed by atoms with Gasteiger partial charge in [0.15, 0.2) is 6.10 Å². The van der Waals surface area contributed by atoms with Crippen LogP contribution in [0.25, 0.3) is 0 Å². The number of ether oxygens (including phenoxy) is 1. The molecule has 3 N–H and O–H groups in total. The first kappa shape index (κ1) is 24.2. The van der Waals surface area contributed by atoms with Crippen LogP contribution < -0.4 is 5.73 Å². The van der Waals surface area contributed by atoms with Crippen LogP contribution in [0.2, 0.25) is 0 Å². The van der Waals surface area contributed by atoms with Crippen molar-refractivity contribution in [3.05, 3.63) is 18.2 Å². The molecule has 0 radical (unpaired) electrons.